The van der Waals surface area contributed by atoms with E-state index in [1.54, 1.807) is 31.2 Å². The number of anilines is 2. The molecule has 1 amide bonds. The van der Waals surface area contributed by atoms with Crippen LogP contribution in [0.4, 0.5) is 11.4 Å². The van der Waals surface area contributed by atoms with Gasteiger partial charge in [0.25, 0.3) is 10.0 Å². The van der Waals surface area contributed by atoms with E-state index in [1.165, 1.54) is 6.07 Å². The van der Waals surface area contributed by atoms with Crippen molar-refractivity contribution >= 4 is 50.5 Å². The number of sulfonamides is 1. The van der Waals surface area contributed by atoms with Gasteiger partial charge in [-0.3, -0.25) is 9.52 Å². The van der Waals surface area contributed by atoms with Gasteiger partial charge in [-0.25, -0.2) is 8.42 Å². The van der Waals surface area contributed by atoms with Crippen LogP contribution in [0.5, 0.6) is 0 Å². The van der Waals surface area contributed by atoms with Crippen LogP contribution >= 0.6 is 23.2 Å². The summed E-state index contributed by atoms with van der Waals surface area (Å²) in [4.78, 5) is 11.4. The minimum absolute atomic E-state index is 0.0931. The minimum atomic E-state index is -3.93. The van der Waals surface area contributed by atoms with Gasteiger partial charge in [0.2, 0.25) is 5.91 Å². The number of hydrogen-bond acceptors (Lipinski definition) is 3. The second-order valence-corrected chi connectivity index (χ2v) is 7.97. The maximum Gasteiger partial charge on any atom is 0.263 e. The first-order valence-corrected chi connectivity index (χ1v) is 9.42. The Hall–Kier alpha value is -1.76. The molecule has 0 atom stereocenters. The van der Waals surface area contributed by atoms with Crippen LogP contribution in [0, 0.1) is 6.92 Å². The molecule has 1 aliphatic heterocycles. The molecule has 24 heavy (non-hydrogen) atoms. The summed E-state index contributed by atoms with van der Waals surface area (Å²) in [6.45, 7) is 1.72. The smallest absolute Gasteiger partial charge is 0.263 e. The molecule has 0 unspecified atom stereocenters. The fourth-order valence-electron chi connectivity index (χ4n) is 2.50. The maximum absolute atomic E-state index is 12.7. The number of carbonyl (C=O) groups is 1. The molecule has 2 aromatic rings. The number of benzene rings is 2. The van der Waals surface area contributed by atoms with Gasteiger partial charge in [-0.1, -0.05) is 29.3 Å². The lowest BCUT2D eigenvalue weighted by Gasteiger charge is -2.19. The molecule has 0 saturated heterocycles. The van der Waals surface area contributed by atoms with Crippen LogP contribution in [0.1, 0.15) is 17.5 Å². The zero-order valence-corrected chi connectivity index (χ0v) is 15.0. The summed E-state index contributed by atoms with van der Waals surface area (Å²) in [5.74, 6) is -0.146. The van der Waals surface area contributed by atoms with E-state index in [9.17, 15) is 13.2 Å². The Balaban J connectivity index is 2.02. The van der Waals surface area contributed by atoms with Crippen LogP contribution in [0.25, 0.3) is 0 Å². The van der Waals surface area contributed by atoms with E-state index in [0.29, 0.717) is 34.8 Å². The fourth-order valence-corrected chi connectivity index (χ4v) is 4.38. The third-order valence-electron chi connectivity index (χ3n) is 3.85. The van der Waals surface area contributed by atoms with Crippen molar-refractivity contribution in [2.24, 2.45) is 0 Å². The highest BCUT2D eigenvalue weighted by atomic mass is 35.5. The van der Waals surface area contributed by atoms with Crippen molar-refractivity contribution in [3.63, 3.8) is 0 Å². The lowest BCUT2D eigenvalue weighted by atomic mass is 10.0. The van der Waals surface area contributed by atoms with E-state index in [0.717, 1.165) is 5.56 Å². The molecule has 0 aromatic heterocycles. The van der Waals surface area contributed by atoms with E-state index >= 15 is 0 Å². The molecule has 0 bridgehead atoms. The van der Waals surface area contributed by atoms with E-state index in [4.69, 9.17) is 23.2 Å². The fraction of sp³-hybridized carbons (Fsp3) is 0.188. The maximum atomic E-state index is 12.7. The monoisotopic (exact) mass is 384 g/mol. The van der Waals surface area contributed by atoms with Gasteiger partial charge in [-0.15, -0.1) is 0 Å². The third-order valence-corrected chi connectivity index (χ3v) is 6.09. The summed E-state index contributed by atoms with van der Waals surface area (Å²) in [5.41, 5.74) is 2.28. The number of rotatable bonds is 3. The van der Waals surface area contributed by atoms with Crippen molar-refractivity contribution in [2.45, 2.75) is 24.7 Å². The molecule has 2 N–H and O–H groups in total. The van der Waals surface area contributed by atoms with Gasteiger partial charge in [0, 0.05) is 17.1 Å². The molecule has 126 valence electrons. The van der Waals surface area contributed by atoms with Gasteiger partial charge in [0.15, 0.2) is 0 Å². The van der Waals surface area contributed by atoms with Crippen LogP contribution in [-0.2, 0) is 21.2 Å². The molecule has 0 fully saturated rings. The molecule has 2 aromatic carbocycles. The number of hydrogen-bond donors (Lipinski definition) is 2. The first kappa shape index (κ1) is 17.1. The second kappa shape index (κ2) is 6.27. The van der Waals surface area contributed by atoms with Crippen molar-refractivity contribution in [3.8, 4) is 0 Å². The van der Waals surface area contributed by atoms with E-state index in [2.05, 4.69) is 10.0 Å². The van der Waals surface area contributed by atoms with E-state index < -0.39 is 10.0 Å². The Morgan fingerprint density at radius 2 is 1.88 bits per heavy atom. The molecule has 0 saturated carbocycles. The number of nitrogens with one attached hydrogen (secondary N) is 2. The first-order valence-electron chi connectivity index (χ1n) is 7.18. The highest BCUT2D eigenvalue weighted by molar-refractivity contribution is 7.92. The number of aryl methyl sites for hydroxylation is 1. The van der Waals surface area contributed by atoms with E-state index in [-0.39, 0.29) is 15.8 Å². The van der Waals surface area contributed by atoms with Gasteiger partial charge in [-0.05, 0) is 48.7 Å². The summed E-state index contributed by atoms with van der Waals surface area (Å²) in [6.07, 6.45) is 0.886. The molecule has 5 nitrogen and oxygen atoms in total. The van der Waals surface area contributed by atoms with E-state index in [1.807, 2.05) is 0 Å². The molecule has 8 heteroatoms. The molecule has 1 aliphatic rings. The second-order valence-electron chi connectivity index (χ2n) is 5.51. The summed E-state index contributed by atoms with van der Waals surface area (Å²) in [6, 6.07) is 7.91. The van der Waals surface area contributed by atoms with Gasteiger partial charge >= 0.3 is 0 Å². The number of amides is 1. The SMILES string of the molecule is Cc1c(Cl)cccc1NS(=O)(=O)c1cc2c(cc1Cl)CCC(=O)N2. The van der Waals surface area contributed by atoms with Crippen molar-refractivity contribution in [2.75, 3.05) is 10.0 Å². The average Bonchev–Trinajstić information content (AvgIpc) is 2.51. The van der Waals surface area contributed by atoms with Gasteiger partial charge in [0.1, 0.15) is 4.90 Å². The highest BCUT2D eigenvalue weighted by Gasteiger charge is 2.24. The van der Waals surface area contributed by atoms with Crippen molar-refractivity contribution in [1.29, 1.82) is 0 Å². The topological polar surface area (TPSA) is 75.3 Å². The lowest BCUT2D eigenvalue weighted by Crippen LogP contribution is -2.20. The zero-order valence-electron chi connectivity index (χ0n) is 12.7. The van der Waals surface area contributed by atoms with Crippen LogP contribution in [0.15, 0.2) is 35.2 Å². The van der Waals surface area contributed by atoms with Crippen LogP contribution in [-0.4, -0.2) is 14.3 Å². The third kappa shape index (κ3) is 3.22. The lowest BCUT2D eigenvalue weighted by molar-refractivity contribution is -0.116. The predicted octanol–water partition coefficient (Wildman–Crippen LogP) is 3.99. The summed E-state index contributed by atoms with van der Waals surface area (Å²) >= 11 is 12.2. The number of halogens is 2. The van der Waals surface area contributed by atoms with Gasteiger partial charge in [-0.2, -0.15) is 0 Å². The Kier molecular flexibility index (Phi) is 4.46. The molecule has 3 rings (SSSR count). The Morgan fingerprint density at radius 1 is 1.12 bits per heavy atom. The molecule has 0 spiro atoms. The number of carbonyl (C=O) groups excluding carboxylic acids is 1. The molecule has 1 heterocycles. The Bertz CT molecular complexity index is 943. The zero-order chi connectivity index (χ0) is 17.5. The largest absolute Gasteiger partial charge is 0.326 e. The normalized spacial score (nSPS) is 14.0. The van der Waals surface area contributed by atoms with Crippen LogP contribution in [0.3, 0.4) is 0 Å². The van der Waals surface area contributed by atoms with Gasteiger partial charge < -0.3 is 5.32 Å². The predicted molar refractivity (Wildman–Crippen MR) is 95.4 cm³/mol. The standard InChI is InChI=1S/C16H14Cl2N2O3S/c1-9-11(17)3-2-4-13(9)20-24(22,23)15-8-14-10(7-12(15)18)5-6-16(21)19-14/h2-4,7-8,20H,5-6H2,1H3,(H,19,21). The van der Waals surface area contributed by atoms with Crippen molar-refractivity contribution < 1.29 is 13.2 Å². The molecule has 0 radical (unpaired) electrons. The summed E-state index contributed by atoms with van der Waals surface area (Å²) in [7, 11) is -3.93. The van der Waals surface area contributed by atoms with Gasteiger partial charge in [0.05, 0.1) is 10.7 Å². The quantitative estimate of drug-likeness (QED) is 0.839. The molecular formula is C16H14Cl2N2O3S. The Labute approximate surface area is 150 Å². The highest BCUT2D eigenvalue weighted by Crippen LogP contribution is 2.33. The summed E-state index contributed by atoms with van der Waals surface area (Å²) < 4.78 is 27.9. The minimum Gasteiger partial charge on any atom is -0.326 e. The van der Waals surface area contributed by atoms with Crippen molar-refractivity contribution in [1.82, 2.24) is 0 Å². The summed E-state index contributed by atoms with van der Waals surface area (Å²) in [5, 5.41) is 3.24. The first-order chi connectivity index (χ1) is 11.3. The Morgan fingerprint density at radius 3 is 2.62 bits per heavy atom. The van der Waals surface area contributed by atoms with Crippen molar-refractivity contribution in [3.05, 3.63) is 51.5 Å². The average molecular weight is 385 g/mol. The van der Waals surface area contributed by atoms with Crippen LogP contribution < -0.4 is 10.0 Å². The molecule has 0 aliphatic carbocycles. The van der Waals surface area contributed by atoms with Crippen LogP contribution in [0.2, 0.25) is 10.0 Å². The number of fused-ring (bicyclic) bond motifs is 1. The molecular weight excluding hydrogens is 371 g/mol.